The van der Waals surface area contributed by atoms with E-state index >= 15 is 0 Å². The van der Waals surface area contributed by atoms with Gasteiger partial charge >= 0.3 is 106 Å². The molecule has 0 fully saturated rings. The molecule has 14 heavy (non-hydrogen) atoms. The summed E-state index contributed by atoms with van der Waals surface area (Å²) in [4.78, 5) is 0. The quantitative estimate of drug-likeness (QED) is 0.754. The molecule has 0 saturated heterocycles. The van der Waals surface area contributed by atoms with E-state index < -0.39 is 37.5 Å². The monoisotopic (exact) mass is 350 g/mol. The first kappa shape index (κ1) is 17.9. The molecule has 0 bridgehead atoms. The fourth-order valence-electron chi connectivity index (χ4n) is 0.525. The zero-order valence-corrected chi connectivity index (χ0v) is 14.8. The van der Waals surface area contributed by atoms with Crippen LogP contribution < -0.4 is 0 Å². The number of nitrogens with zero attached hydrogens (tertiary/aromatic N) is 2. The van der Waals surface area contributed by atoms with Crippen molar-refractivity contribution in [2.75, 3.05) is 14.1 Å². The average molecular weight is 353 g/mol. The Morgan fingerprint density at radius 3 is 1.07 bits per heavy atom. The summed E-state index contributed by atoms with van der Waals surface area (Å²) in [5.74, 6) is 0. The molecule has 0 amide bonds. The van der Waals surface area contributed by atoms with E-state index in [1.165, 1.54) is 0 Å². The van der Waals surface area contributed by atoms with Gasteiger partial charge in [-0.1, -0.05) is 0 Å². The third-order valence-electron chi connectivity index (χ3n) is 2.31. The van der Waals surface area contributed by atoms with E-state index in [0.29, 0.717) is 11.1 Å². The van der Waals surface area contributed by atoms with Gasteiger partial charge in [0.15, 0.2) is 0 Å². The number of hydrogen-bond donors (Lipinski definition) is 0. The first-order valence-corrected chi connectivity index (χ1v) is 7.66. The summed E-state index contributed by atoms with van der Waals surface area (Å²) >= 11 is -0.797. The van der Waals surface area contributed by atoms with E-state index in [2.05, 4.69) is 57.6 Å². The Bertz CT molecular complexity index is 142. The molecule has 0 aromatic carbocycles. The van der Waals surface area contributed by atoms with Crippen molar-refractivity contribution in [3.05, 3.63) is 0 Å². The summed E-state index contributed by atoms with van der Waals surface area (Å²) in [5.41, 5.74) is 0.672. The Hall–Kier alpha value is 1.56. The van der Waals surface area contributed by atoms with Crippen LogP contribution in [0.5, 0.6) is 0 Å². The van der Waals surface area contributed by atoms with Crippen molar-refractivity contribution in [1.29, 1.82) is 0 Å². The van der Waals surface area contributed by atoms with Crippen LogP contribution in [-0.4, -0.2) is 27.1 Å². The maximum Gasteiger partial charge on any atom is -0.147 e. The molecule has 0 heterocycles. The third kappa shape index (κ3) is 6.94. The molecule has 0 N–H and O–H groups in total. The zero-order valence-electron chi connectivity index (χ0n) is 10.8. The molecule has 0 radical (unpaired) electrons. The van der Waals surface area contributed by atoms with Gasteiger partial charge in [0.1, 0.15) is 0 Å². The van der Waals surface area contributed by atoms with E-state index in [1.54, 1.807) is 0 Å². The van der Waals surface area contributed by atoms with Gasteiger partial charge in [-0.15, -0.1) is 12.4 Å². The fourth-order valence-corrected chi connectivity index (χ4v) is 3.89. The summed E-state index contributed by atoms with van der Waals surface area (Å²) in [7, 11) is 4.51. The average Bonchev–Trinajstić information content (AvgIpc) is 1.82. The Morgan fingerprint density at radius 1 is 0.714 bits per heavy atom. The van der Waals surface area contributed by atoms with Crippen molar-refractivity contribution in [3.8, 4) is 0 Å². The third-order valence-corrected chi connectivity index (χ3v) is 8.54. The molecular weight excluding hydrogens is 328 g/mol. The molecule has 0 aromatic heterocycles. The minimum absolute atomic E-state index is 0. The first-order chi connectivity index (χ1) is 5.55. The maximum absolute atomic E-state index is 2.55. The normalized spacial score (nSPS) is 13.0. The summed E-state index contributed by atoms with van der Waals surface area (Å²) < 4.78 is 5.11. The van der Waals surface area contributed by atoms with Crippen LogP contribution in [0.1, 0.15) is 41.5 Å². The SMILES string of the molecule is C[N]([Nd][N](C)C(C)(C)C)C(C)(C)C.Cl. The van der Waals surface area contributed by atoms with Crippen LogP contribution in [-0.2, 0) is 0 Å². The molecule has 0 aliphatic carbocycles. The minimum atomic E-state index is -0.797. The van der Waals surface area contributed by atoms with Crippen molar-refractivity contribution in [1.82, 2.24) is 1.97 Å². The second-order valence-electron chi connectivity index (χ2n) is 5.56. The predicted octanol–water partition coefficient (Wildman–Crippen LogP) is 2.78. The summed E-state index contributed by atoms with van der Waals surface area (Å²) in [6, 6.07) is 0. The van der Waals surface area contributed by atoms with Crippen LogP contribution in [0, 0.1) is 37.5 Å². The van der Waals surface area contributed by atoms with Crippen molar-refractivity contribution in [2.24, 2.45) is 0 Å². The first-order valence-electron chi connectivity index (χ1n) is 4.79. The summed E-state index contributed by atoms with van der Waals surface area (Å²) in [5, 5.41) is 0. The molecule has 0 aliphatic heterocycles. The summed E-state index contributed by atoms with van der Waals surface area (Å²) in [6.45, 7) is 13.7. The van der Waals surface area contributed by atoms with Crippen LogP contribution in [0.3, 0.4) is 0 Å². The number of hydrogen-bond acceptors (Lipinski definition) is 2. The molecule has 2 nitrogen and oxygen atoms in total. The molecule has 86 valence electrons. The van der Waals surface area contributed by atoms with Gasteiger partial charge in [-0.3, -0.25) is 0 Å². The van der Waals surface area contributed by atoms with Crippen molar-refractivity contribution in [3.63, 3.8) is 0 Å². The molecule has 4 heteroatoms. The number of halogens is 1. The van der Waals surface area contributed by atoms with Crippen molar-refractivity contribution in [2.45, 2.75) is 52.6 Å². The van der Waals surface area contributed by atoms with Gasteiger partial charge < -0.3 is 0 Å². The second-order valence-corrected chi connectivity index (χ2v) is 10.5. The van der Waals surface area contributed by atoms with Gasteiger partial charge in [0, 0.05) is 0 Å². The molecule has 0 unspecified atom stereocenters. The van der Waals surface area contributed by atoms with Gasteiger partial charge in [-0.25, -0.2) is 0 Å². The van der Waals surface area contributed by atoms with Crippen LogP contribution in [0.4, 0.5) is 0 Å². The van der Waals surface area contributed by atoms with Crippen molar-refractivity contribution < 1.29 is 37.5 Å². The summed E-state index contributed by atoms with van der Waals surface area (Å²) in [6.07, 6.45) is 0. The smallest absolute Gasteiger partial charge is 0.147 e. The van der Waals surface area contributed by atoms with Gasteiger partial charge in [-0.05, 0) is 0 Å². The van der Waals surface area contributed by atoms with Crippen LogP contribution >= 0.6 is 12.4 Å². The van der Waals surface area contributed by atoms with Crippen LogP contribution in [0.2, 0.25) is 0 Å². The standard InChI is InChI=1S/2C5H12N.ClH.Nd/c2*1-5(2,3)6-4;;/h2*1-4H3;1H;/q2*-1;;+2. The molecule has 0 aliphatic rings. The van der Waals surface area contributed by atoms with E-state index in [4.69, 9.17) is 0 Å². The number of rotatable bonds is 2. The molecular formula is C10H25ClN2Nd. The van der Waals surface area contributed by atoms with E-state index in [-0.39, 0.29) is 12.4 Å². The molecule has 0 aromatic rings. The van der Waals surface area contributed by atoms with E-state index in [1.807, 2.05) is 0 Å². The van der Waals surface area contributed by atoms with Gasteiger partial charge in [0.25, 0.3) is 0 Å². The minimum Gasteiger partial charge on any atom is -0.147 e. The van der Waals surface area contributed by atoms with Gasteiger partial charge in [-0.2, -0.15) is 0 Å². The maximum atomic E-state index is 2.55. The Morgan fingerprint density at radius 2 is 0.929 bits per heavy atom. The molecule has 0 spiro atoms. The Labute approximate surface area is 117 Å². The topological polar surface area (TPSA) is 6.48 Å². The molecule has 0 rings (SSSR count). The predicted molar refractivity (Wildman–Crippen MR) is 62.3 cm³/mol. The van der Waals surface area contributed by atoms with E-state index in [0.717, 1.165) is 0 Å². The van der Waals surface area contributed by atoms with Crippen LogP contribution in [0.15, 0.2) is 0 Å². The fraction of sp³-hybridized carbons (Fsp3) is 1.00. The Kier molecular flexibility index (Phi) is 8.12. The van der Waals surface area contributed by atoms with E-state index in [9.17, 15) is 0 Å². The van der Waals surface area contributed by atoms with Gasteiger partial charge in [0.05, 0.1) is 0 Å². The molecule has 0 saturated carbocycles. The Balaban J connectivity index is 0. The zero-order chi connectivity index (χ0) is 10.9. The largest absolute Gasteiger partial charge is 0.147 e. The second kappa shape index (κ2) is 6.33. The van der Waals surface area contributed by atoms with Gasteiger partial charge in [0.2, 0.25) is 0 Å². The van der Waals surface area contributed by atoms with Crippen molar-refractivity contribution >= 4 is 12.4 Å². The van der Waals surface area contributed by atoms with Crippen LogP contribution in [0.25, 0.3) is 0 Å². The molecule has 0 atom stereocenters.